The second-order valence-electron chi connectivity index (χ2n) is 4.38. The van der Waals surface area contributed by atoms with E-state index in [1.165, 1.54) is 0 Å². The van der Waals surface area contributed by atoms with Crippen LogP contribution in [0.1, 0.15) is 12.0 Å². The number of phenolic OH excluding ortho intramolecular Hbond substituents is 1. The number of hydrogen-bond acceptors (Lipinski definition) is 3. The summed E-state index contributed by atoms with van der Waals surface area (Å²) in [7, 11) is 0. The van der Waals surface area contributed by atoms with Gasteiger partial charge in [0, 0.05) is 12.1 Å². The van der Waals surface area contributed by atoms with Crippen LogP contribution in [0.2, 0.25) is 0 Å². The third-order valence-electron chi connectivity index (χ3n) is 2.94. The third-order valence-corrected chi connectivity index (χ3v) is 3.58. The Bertz CT molecular complexity index is 629. The highest BCUT2D eigenvalue weighted by Gasteiger charge is 2.09. The van der Waals surface area contributed by atoms with E-state index in [0.29, 0.717) is 28.7 Å². The molecule has 0 bridgehead atoms. The van der Waals surface area contributed by atoms with E-state index < -0.39 is 0 Å². The van der Waals surface area contributed by atoms with Gasteiger partial charge in [0.1, 0.15) is 0 Å². The first-order chi connectivity index (χ1) is 9.58. The maximum absolute atomic E-state index is 11.9. The SMILES string of the molecule is Nc1ccccc1CCC(=O)Nc1cccc(Br)c1O. The molecule has 0 spiro atoms. The molecular weight excluding hydrogens is 320 g/mol. The zero-order valence-corrected chi connectivity index (χ0v) is 12.4. The second kappa shape index (κ2) is 6.43. The molecular formula is C15H15BrN2O2. The molecule has 0 aliphatic carbocycles. The van der Waals surface area contributed by atoms with E-state index in [-0.39, 0.29) is 11.7 Å². The van der Waals surface area contributed by atoms with Gasteiger partial charge < -0.3 is 16.2 Å². The van der Waals surface area contributed by atoms with Gasteiger partial charge in [-0.25, -0.2) is 0 Å². The molecule has 2 rings (SSSR count). The number of rotatable bonds is 4. The fourth-order valence-electron chi connectivity index (χ4n) is 1.84. The van der Waals surface area contributed by atoms with Gasteiger partial charge in [-0.1, -0.05) is 24.3 Å². The molecule has 0 aliphatic rings. The number of para-hydroxylation sites is 2. The minimum Gasteiger partial charge on any atom is -0.505 e. The van der Waals surface area contributed by atoms with Gasteiger partial charge in [-0.15, -0.1) is 0 Å². The van der Waals surface area contributed by atoms with E-state index in [0.717, 1.165) is 5.56 Å². The molecule has 0 unspecified atom stereocenters. The van der Waals surface area contributed by atoms with Crippen LogP contribution >= 0.6 is 15.9 Å². The molecule has 0 heterocycles. The number of nitrogens with two attached hydrogens (primary N) is 1. The van der Waals surface area contributed by atoms with Crippen LogP contribution in [-0.2, 0) is 11.2 Å². The van der Waals surface area contributed by atoms with Crippen LogP contribution in [0.3, 0.4) is 0 Å². The van der Waals surface area contributed by atoms with E-state index in [1.54, 1.807) is 18.2 Å². The number of phenols is 1. The summed E-state index contributed by atoms with van der Waals surface area (Å²) in [6.07, 6.45) is 0.868. The van der Waals surface area contributed by atoms with Crippen LogP contribution < -0.4 is 11.1 Å². The Balaban J connectivity index is 1.96. The molecule has 0 aromatic heterocycles. The van der Waals surface area contributed by atoms with Crippen LogP contribution in [0, 0.1) is 0 Å². The average molecular weight is 335 g/mol. The van der Waals surface area contributed by atoms with Crippen LogP contribution in [0.5, 0.6) is 5.75 Å². The Kier molecular flexibility index (Phi) is 4.63. The number of nitrogen functional groups attached to an aromatic ring is 1. The normalized spacial score (nSPS) is 10.2. The maximum atomic E-state index is 11.9. The van der Waals surface area contributed by atoms with Crippen molar-refractivity contribution in [2.75, 3.05) is 11.1 Å². The highest BCUT2D eigenvalue weighted by atomic mass is 79.9. The zero-order chi connectivity index (χ0) is 14.5. The van der Waals surface area contributed by atoms with E-state index >= 15 is 0 Å². The Morgan fingerprint density at radius 1 is 1.20 bits per heavy atom. The number of halogens is 1. The van der Waals surface area contributed by atoms with Crippen molar-refractivity contribution in [3.8, 4) is 5.75 Å². The Hall–Kier alpha value is -2.01. The van der Waals surface area contributed by atoms with Crippen LogP contribution in [0.25, 0.3) is 0 Å². The lowest BCUT2D eigenvalue weighted by atomic mass is 10.1. The second-order valence-corrected chi connectivity index (χ2v) is 5.24. The zero-order valence-electron chi connectivity index (χ0n) is 10.8. The van der Waals surface area contributed by atoms with Crippen molar-refractivity contribution in [1.82, 2.24) is 0 Å². The minimum absolute atomic E-state index is 0.0278. The van der Waals surface area contributed by atoms with Gasteiger partial charge in [-0.3, -0.25) is 4.79 Å². The first-order valence-electron chi connectivity index (χ1n) is 6.18. The summed E-state index contributed by atoms with van der Waals surface area (Å²) in [6.45, 7) is 0. The van der Waals surface area contributed by atoms with Gasteiger partial charge in [0.05, 0.1) is 10.2 Å². The standard InChI is InChI=1S/C15H15BrN2O2/c16-11-5-3-7-13(15(11)20)18-14(19)9-8-10-4-1-2-6-12(10)17/h1-7,20H,8-9,17H2,(H,18,19). The summed E-state index contributed by atoms with van der Waals surface area (Å²) < 4.78 is 0.544. The predicted octanol–water partition coefficient (Wildman–Crippen LogP) is 3.31. The molecule has 0 aliphatic heterocycles. The Labute approximate surface area is 125 Å². The topological polar surface area (TPSA) is 75.4 Å². The lowest BCUT2D eigenvalue weighted by Gasteiger charge is -2.09. The summed E-state index contributed by atoms with van der Waals surface area (Å²) in [4.78, 5) is 11.9. The molecule has 20 heavy (non-hydrogen) atoms. The molecule has 0 saturated heterocycles. The average Bonchev–Trinajstić information content (AvgIpc) is 2.43. The summed E-state index contributed by atoms with van der Waals surface area (Å²) in [5.74, 6) is -0.137. The van der Waals surface area contributed by atoms with Crippen molar-refractivity contribution in [2.24, 2.45) is 0 Å². The molecule has 2 aromatic carbocycles. The quantitative estimate of drug-likeness (QED) is 0.593. The minimum atomic E-state index is -0.165. The number of anilines is 2. The van der Waals surface area contributed by atoms with Crippen molar-refractivity contribution in [3.63, 3.8) is 0 Å². The van der Waals surface area contributed by atoms with Crippen LogP contribution in [0.4, 0.5) is 11.4 Å². The molecule has 4 nitrogen and oxygen atoms in total. The van der Waals surface area contributed by atoms with Gasteiger partial charge in [0.15, 0.2) is 5.75 Å². The number of aryl methyl sites for hydroxylation is 1. The van der Waals surface area contributed by atoms with E-state index in [1.807, 2.05) is 24.3 Å². The summed E-state index contributed by atoms with van der Waals surface area (Å²) in [6, 6.07) is 12.6. The molecule has 0 saturated carbocycles. The predicted molar refractivity (Wildman–Crippen MR) is 83.6 cm³/mol. The van der Waals surface area contributed by atoms with Gasteiger partial charge in [-0.2, -0.15) is 0 Å². The van der Waals surface area contributed by atoms with Crippen molar-refractivity contribution >= 4 is 33.2 Å². The molecule has 0 radical (unpaired) electrons. The van der Waals surface area contributed by atoms with E-state index in [4.69, 9.17) is 5.73 Å². The van der Waals surface area contributed by atoms with Gasteiger partial charge in [0.2, 0.25) is 5.91 Å². The molecule has 0 atom stereocenters. The molecule has 2 aromatic rings. The number of carbonyl (C=O) groups excluding carboxylic acids is 1. The first kappa shape index (κ1) is 14.4. The number of nitrogens with one attached hydrogen (secondary N) is 1. The van der Waals surface area contributed by atoms with Crippen LogP contribution in [-0.4, -0.2) is 11.0 Å². The lowest BCUT2D eigenvalue weighted by molar-refractivity contribution is -0.116. The number of aromatic hydroxyl groups is 1. The molecule has 0 fully saturated rings. The lowest BCUT2D eigenvalue weighted by Crippen LogP contribution is -2.12. The fraction of sp³-hybridized carbons (Fsp3) is 0.133. The van der Waals surface area contributed by atoms with Gasteiger partial charge >= 0.3 is 0 Å². The summed E-state index contributed by atoms with van der Waals surface area (Å²) in [5, 5.41) is 12.5. The Morgan fingerprint density at radius 3 is 2.70 bits per heavy atom. The monoisotopic (exact) mass is 334 g/mol. The summed E-state index contributed by atoms with van der Waals surface area (Å²) in [5.41, 5.74) is 7.85. The van der Waals surface area contributed by atoms with E-state index in [9.17, 15) is 9.90 Å². The highest BCUT2D eigenvalue weighted by Crippen LogP contribution is 2.31. The first-order valence-corrected chi connectivity index (χ1v) is 6.98. The largest absolute Gasteiger partial charge is 0.505 e. The number of amides is 1. The number of benzene rings is 2. The highest BCUT2D eigenvalue weighted by molar-refractivity contribution is 9.10. The maximum Gasteiger partial charge on any atom is 0.224 e. The van der Waals surface area contributed by atoms with Gasteiger partial charge in [-0.05, 0) is 46.1 Å². The molecule has 4 N–H and O–H groups in total. The third kappa shape index (κ3) is 3.51. The van der Waals surface area contributed by atoms with Crippen molar-refractivity contribution in [3.05, 3.63) is 52.5 Å². The van der Waals surface area contributed by atoms with Crippen molar-refractivity contribution in [1.29, 1.82) is 0 Å². The van der Waals surface area contributed by atoms with Crippen molar-refractivity contribution < 1.29 is 9.90 Å². The van der Waals surface area contributed by atoms with Gasteiger partial charge in [0.25, 0.3) is 0 Å². The number of hydrogen-bond donors (Lipinski definition) is 3. The smallest absolute Gasteiger partial charge is 0.224 e. The van der Waals surface area contributed by atoms with E-state index in [2.05, 4.69) is 21.2 Å². The fourth-order valence-corrected chi connectivity index (χ4v) is 2.21. The number of carbonyl (C=O) groups is 1. The molecule has 104 valence electrons. The Morgan fingerprint density at radius 2 is 1.95 bits per heavy atom. The molecule has 5 heteroatoms. The van der Waals surface area contributed by atoms with Crippen molar-refractivity contribution in [2.45, 2.75) is 12.8 Å². The van der Waals surface area contributed by atoms with Crippen LogP contribution in [0.15, 0.2) is 46.9 Å². The molecule has 1 amide bonds. The summed E-state index contributed by atoms with van der Waals surface area (Å²) >= 11 is 3.20.